The van der Waals surface area contributed by atoms with Crippen molar-refractivity contribution in [2.24, 2.45) is 0 Å². The number of rotatable bonds is 7. The molecule has 0 saturated carbocycles. The maximum Gasteiger partial charge on any atom is 0.294 e. The molecular formula is C22H25N3O4S. The summed E-state index contributed by atoms with van der Waals surface area (Å²) >= 11 is 0. The van der Waals surface area contributed by atoms with E-state index in [1.165, 1.54) is 10.4 Å². The van der Waals surface area contributed by atoms with Gasteiger partial charge in [0, 0.05) is 30.4 Å². The van der Waals surface area contributed by atoms with Gasteiger partial charge in [0.25, 0.3) is 5.91 Å². The summed E-state index contributed by atoms with van der Waals surface area (Å²) in [5.74, 6) is -0.463. The van der Waals surface area contributed by atoms with Gasteiger partial charge in [-0.3, -0.25) is 4.79 Å². The molecular weight excluding hydrogens is 402 g/mol. The summed E-state index contributed by atoms with van der Waals surface area (Å²) in [7, 11) is -3.64. The van der Waals surface area contributed by atoms with E-state index in [1.807, 2.05) is 31.2 Å². The molecule has 0 aliphatic heterocycles. The maximum absolute atomic E-state index is 12.9. The molecule has 1 N–H and O–H groups in total. The van der Waals surface area contributed by atoms with E-state index in [1.54, 1.807) is 39.0 Å². The Hall–Kier alpha value is -2.97. The van der Waals surface area contributed by atoms with E-state index in [4.69, 9.17) is 4.52 Å². The summed E-state index contributed by atoms with van der Waals surface area (Å²) in [6.45, 7) is 8.03. The fraction of sp³-hybridized carbons (Fsp3) is 0.273. The predicted molar refractivity (Wildman–Crippen MR) is 116 cm³/mol. The third-order valence-corrected chi connectivity index (χ3v) is 7.04. The highest BCUT2D eigenvalue weighted by Crippen LogP contribution is 2.25. The second-order valence-electron chi connectivity index (χ2n) is 6.97. The fourth-order valence-electron chi connectivity index (χ4n) is 3.09. The Balaban J connectivity index is 1.83. The highest BCUT2D eigenvalue weighted by atomic mass is 32.2. The molecule has 7 nitrogen and oxygen atoms in total. The zero-order valence-corrected chi connectivity index (χ0v) is 18.3. The van der Waals surface area contributed by atoms with Crippen LogP contribution in [0.2, 0.25) is 0 Å². The zero-order chi connectivity index (χ0) is 21.9. The fourth-order valence-corrected chi connectivity index (χ4v) is 4.80. The Morgan fingerprint density at radius 3 is 2.33 bits per heavy atom. The van der Waals surface area contributed by atoms with Crippen LogP contribution in [0.5, 0.6) is 0 Å². The van der Waals surface area contributed by atoms with Crippen LogP contribution in [0.25, 0.3) is 11.3 Å². The lowest BCUT2D eigenvalue weighted by atomic mass is 10.1. The van der Waals surface area contributed by atoms with E-state index >= 15 is 0 Å². The van der Waals surface area contributed by atoms with E-state index in [0.29, 0.717) is 30.0 Å². The predicted octanol–water partition coefficient (Wildman–Crippen LogP) is 4.24. The first-order chi connectivity index (χ1) is 14.3. The number of nitrogens with one attached hydrogen (secondary N) is 1. The van der Waals surface area contributed by atoms with Crippen molar-refractivity contribution in [1.29, 1.82) is 0 Å². The number of aryl methyl sites for hydroxylation is 2. The lowest BCUT2D eigenvalue weighted by Crippen LogP contribution is -2.31. The van der Waals surface area contributed by atoms with Crippen molar-refractivity contribution in [3.05, 3.63) is 65.4 Å². The molecule has 30 heavy (non-hydrogen) atoms. The third-order valence-electron chi connectivity index (χ3n) is 4.85. The van der Waals surface area contributed by atoms with E-state index in [2.05, 4.69) is 10.5 Å². The van der Waals surface area contributed by atoms with Crippen molar-refractivity contribution in [1.82, 2.24) is 9.46 Å². The van der Waals surface area contributed by atoms with Crippen LogP contribution in [0, 0.1) is 13.8 Å². The molecule has 1 aromatic heterocycles. The van der Waals surface area contributed by atoms with Gasteiger partial charge in [0.05, 0.1) is 4.90 Å². The average molecular weight is 428 g/mol. The SMILES string of the molecule is CCN(CC)S(=O)(=O)c1cc(NC(=O)c2cc(-c3ccc(C)cc3)no2)ccc1C. The standard InChI is InChI=1S/C22H25N3O4S/c1-5-25(6-2)30(27,28)21-13-18(12-9-16(21)4)23-22(26)20-14-19(24-29-20)17-10-7-15(3)8-11-17/h7-14H,5-6H2,1-4H3,(H,23,26). The van der Waals surface area contributed by atoms with Gasteiger partial charge in [-0.25, -0.2) is 8.42 Å². The van der Waals surface area contributed by atoms with Crippen molar-refractivity contribution >= 4 is 21.6 Å². The molecule has 1 amide bonds. The lowest BCUT2D eigenvalue weighted by Gasteiger charge is -2.20. The number of aromatic nitrogens is 1. The molecule has 3 rings (SSSR count). The molecule has 2 aromatic carbocycles. The summed E-state index contributed by atoms with van der Waals surface area (Å²) in [6, 6.07) is 14.1. The van der Waals surface area contributed by atoms with E-state index in [-0.39, 0.29) is 10.7 Å². The van der Waals surface area contributed by atoms with E-state index in [9.17, 15) is 13.2 Å². The molecule has 0 spiro atoms. The first-order valence-corrected chi connectivity index (χ1v) is 11.2. The van der Waals surface area contributed by atoms with Crippen LogP contribution in [0.4, 0.5) is 5.69 Å². The summed E-state index contributed by atoms with van der Waals surface area (Å²) < 4.78 is 32.4. The van der Waals surface area contributed by atoms with Crippen molar-refractivity contribution in [3.63, 3.8) is 0 Å². The molecule has 1 heterocycles. The van der Waals surface area contributed by atoms with Gasteiger partial charge in [-0.1, -0.05) is 54.9 Å². The number of hydrogen-bond donors (Lipinski definition) is 1. The molecule has 0 unspecified atom stereocenters. The molecule has 0 aliphatic rings. The number of nitrogens with zero attached hydrogens (tertiary/aromatic N) is 2. The van der Waals surface area contributed by atoms with Gasteiger partial charge < -0.3 is 9.84 Å². The van der Waals surface area contributed by atoms with Crippen LogP contribution >= 0.6 is 0 Å². The smallest absolute Gasteiger partial charge is 0.294 e. The number of carbonyl (C=O) groups excluding carboxylic acids is 1. The summed E-state index contributed by atoms with van der Waals surface area (Å²) in [4.78, 5) is 12.8. The van der Waals surface area contributed by atoms with Crippen molar-refractivity contribution in [2.45, 2.75) is 32.6 Å². The minimum absolute atomic E-state index is 0.0410. The minimum atomic E-state index is -3.64. The van der Waals surface area contributed by atoms with E-state index in [0.717, 1.165) is 11.1 Å². The molecule has 0 aliphatic carbocycles. The number of carbonyl (C=O) groups is 1. The van der Waals surface area contributed by atoms with Gasteiger partial charge in [0.2, 0.25) is 15.8 Å². The van der Waals surface area contributed by atoms with Crippen LogP contribution in [0.3, 0.4) is 0 Å². The van der Waals surface area contributed by atoms with Gasteiger partial charge in [0.15, 0.2) is 0 Å². The molecule has 8 heteroatoms. The number of amides is 1. The molecule has 0 atom stereocenters. The van der Waals surface area contributed by atoms with Crippen LogP contribution < -0.4 is 5.32 Å². The van der Waals surface area contributed by atoms with Gasteiger partial charge in [-0.15, -0.1) is 0 Å². The Kier molecular flexibility index (Phi) is 6.38. The van der Waals surface area contributed by atoms with Crippen molar-refractivity contribution < 1.29 is 17.7 Å². The summed E-state index contributed by atoms with van der Waals surface area (Å²) in [5.41, 5.74) is 3.49. The van der Waals surface area contributed by atoms with Crippen molar-refractivity contribution in [2.75, 3.05) is 18.4 Å². The minimum Gasteiger partial charge on any atom is -0.350 e. The Labute approximate surface area is 176 Å². The zero-order valence-electron chi connectivity index (χ0n) is 17.5. The lowest BCUT2D eigenvalue weighted by molar-refractivity contribution is 0.0988. The molecule has 3 aromatic rings. The first kappa shape index (κ1) is 21.7. The largest absolute Gasteiger partial charge is 0.350 e. The number of anilines is 1. The van der Waals surface area contributed by atoms with Crippen LogP contribution in [-0.4, -0.2) is 36.9 Å². The number of benzene rings is 2. The first-order valence-electron chi connectivity index (χ1n) is 9.72. The van der Waals surface area contributed by atoms with Crippen LogP contribution in [0.1, 0.15) is 35.5 Å². The monoisotopic (exact) mass is 427 g/mol. The molecule has 158 valence electrons. The van der Waals surface area contributed by atoms with Gasteiger partial charge in [-0.05, 0) is 31.5 Å². The molecule has 0 radical (unpaired) electrons. The van der Waals surface area contributed by atoms with E-state index < -0.39 is 15.9 Å². The molecule has 0 fully saturated rings. The van der Waals surface area contributed by atoms with Crippen LogP contribution in [0.15, 0.2) is 57.9 Å². The Morgan fingerprint density at radius 1 is 1.03 bits per heavy atom. The van der Waals surface area contributed by atoms with Crippen LogP contribution in [-0.2, 0) is 10.0 Å². The van der Waals surface area contributed by atoms with Gasteiger partial charge in [-0.2, -0.15) is 4.31 Å². The number of hydrogen-bond acceptors (Lipinski definition) is 5. The average Bonchev–Trinajstić information content (AvgIpc) is 3.21. The maximum atomic E-state index is 12.9. The summed E-state index contributed by atoms with van der Waals surface area (Å²) in [5, 5.41) is 6.65. The Morgan fingerprint density at radius 2 is 1.70 bits per heavy atom. The second-order valence-corrected chi connectivity index (χ2v) is 8.87. The quantitative estimate of drug-likeness (QED) is 0.609. The topological polar surface area (TPSA) is 92.5 Å². The van der Waals surface area contributed by atoms with Crippen molar-refractivity contribution in [3.8, 4) is 11.3 Å². The Bertz CT molecular complexity index is 1150. The van der Waals surface area contributed by atoms with Gasteiger partial charge >= 0.3 is 0 Å². The summed E-state index contributed by atoms with van der Waals surface area (Å²) in [6.07, 6.45) is 0. The molecule has 0 saturated heterocycles. The highest BCUT2D eigenvalue weighted by molar-refractivity contribution is 7.89. The third kappa shape index (κ3) is 4.44. The normalized spacial score (nSPS) is 11.6. The second kappa shape index (κ2) is 8.81. The highest BCUT2D eigenvalue weighted by Gasteiger charge is 2.24. The number of sulfonamides is 1. The molecule has 0 bridgehead atoms. The van der Waals surface area contributed by atoms with Gasteiger partial charge in [0.1, 0.15) is 5.69 Å².